The molecule has 156 valence electrons. The second-order valence-corrected chi connectivity index (χ2v) is 7.29. The molecule has 30 heavy (non-hydrogen) atoms. The van der Waals surface area contributed by atoms with Crippen molar-refractivity contribution in [1.29, 1.82) is 0 Å². The number of H-pyrrole nitrogens is 1. The summed E-state index contributed by atoms with van der Waals surface area (Å²) in [6, 6.07) is 16.3. The van der Waals surface area contributed by atoms with Gasteiger partial charge in [0, 0.05) is 44.8 Å². The number of anilines is 1. The van der Waals surface area contributed by atoms with Gasteiger partial charge in [0.1, 0.15) is 11.5 Å². The fourth-order valence-corrected chi connectivity index (χ4v) is 3.73. The van der Waals surface area contributed by atoms with Crippen LogP contribution in [0.3, 0.4) is 0 Å². The lowest BCUT2D eigenvalue weighted by Crippen LogP contribution is -2.49. The molecule has 0 bridgehead atoms. The number of rotatable bonds is 7. The van der Waals surface area contributed by atoms with Gasteiger partial charge in [-0.15, -0.1) is 0 Å². The normalized spacial score (nSPS) is 15.2. The van der Waals surface area contributed by atoms with Crippen molar-refractivity contribution in [2.75, 3.05) is 37.6 Å². The quantitative estimate of drug-likeness (QED) is 0.628. The first-order valence-corrected chi connectivity index (χ1v) is 10.1. The van der Waals surface area contributed by atoms with Gasteiger partial charge in [0.15, 0.2) is 0 Å². The van der Waals surface area contributed by atoms with E-state index in [1.807, 2.05) is 23.1 Å². The van der Waals surface area contributed by atoms with Crippen LogP contribution in [0.25, 0.3) is 0 Å². The molecule has 0 saturated carbocycles. The highest BCUT2D eigenvalue weighted by atomic mass is 19.1. The van der Waals surface area contributed by atoms with Crippen molar-refractivity contribution in [3.8, 4) is 0 Å². The summed E-state index contributed by atoms with van der Waals surface area (Å²) >= 11 is 0. The molecule has 1 amide bonds. The molecule has 0 aliphatic carbocycles. The maximum Gasteiger partial charge on any atom is 0.223 e. The zero-order valence-electron chi connectivity index (χ0n) is 16.7. The monoisotopic (exact) mass is 408 g/mol. The number of para-hydroxylation sites is 1. The minimum atomic E-state index is -0.289. The van der Waals surface area contributed by atoms with E-state index in [0.717, 1.165) is 31.7 Å². The minimum Gasteiger partial charge on any atom is -0.368 e. The van der Waals surface area contributed by atoms with Crippen LogP contribution in [-0.4, -0.2) is 58.9 Å². The summed E-state index contributed by atoms with van der Waals surface area (Å²) in [6.45, 7) is 3.60. The fourth-order valence-electron chi connectivity index (χ4n) is 3.73. The van der Waals surface area contributed by atoms with E-state index in [-0.39, 0.29) is 17.8 Å². The SMILES string of the molecule is O=C(CCNC(c1ccc(F)cc1)c1cn[nH]n1)N1CCN(c2ccccc2)CC1. The first kappa shape index (κ1) is 20.0. The van der Waals surface area contributed by atoms with Crippen LogP contribution in [0.1, 0.15) is 23.7 Å². The molecule has 2 heterocycles. The van der Waals surface area contributed by atoms with Crippen molar-refractivity contribution in [2.24, 2.45) is 0 Å². The number of nitrogens with one attached hydrogen (secondary N) is 2. The number of aromatic nitrogens is 3. The highest BCUT2D eigenvalue weighted by Gasteiger charge is 2.22. The predicted molar refractivity (Wildman–Crippen MR) is 112 cm³/mol. The van der Waals surface area contributed by atoms with Crippen molar-refractivity contribution < 1.29 is 9.18 Å². The summed E-state index contributed by atoms with van der Waals surface area (Å²) in [7, 11) is 0. The number of nitrogens with zero attached hydrogens (tertiary/aromatic N) is 4. The van der Waals surface area contributed by atoms with E-state index in [1.165, 1.54) is 17.8 Å². The minimum absolute atomic E-state index is 0.133. The molecular weight excluding hydrogens is 383 g/mol. The third-order valence-electron chi connectivity index (χ3n) is 5.37. The van der Waals surface area contributed by atoms with Crippen molar-refractivity contribution >= 4 is 11.6 Å². The number of amides is 1. The Hall–Kier alpha value is -3.26. The summed E-state index contributed by atoms with van der Waals surface area (Å²) in [5.41, 5.74) is 2.76. The van der Waals surface area contributed by atoms with Crippen LogP contribution in [0.2, 0.25) is 0 Å². The molecule has 2 N–H and O–H groups in total. The van der Waals surface area contributed by atoms with Crippen molar-refractivity contribution in [1.82, 2.24) is 25.6 Å². The lowest BCUT2D eigenvalue weighted by molar-refractivity contribution is -0.131. The third kappa shape index (κ3) is 4.83. The van der Waals surface area contributed by atoms with E-state index in [1.54, 1.807) is 18.3 Å². The molecular formula is C22H25FN6O. The third-order valence-corrected chi connectivity index (χ3v) is 5.37. The zero-order valence-corrected chi connectivity index (χ0v) is 16.7. The summed E-state index contributed by atoms with van der Waals surface area (Å²) in [5.74, 6) is -0.157. The van der Waals surface area contributed by atoms with E-state index < -0.39 is 0 Å². The molecule has 7 nitrogen and oxygen atoms in total. The van der Waals surface area contributed by atoms with Crippen LogP contribution in [0.15, 0.2) is 60.8 Å². The molecule has 0 spiro atoms. The van der Waals surface area contributed by atoms with Gasteiger partial charge in [0.05, 0.1) is 12.2 Å². The standard InChI is InChI=1S/C22H25FN6O/c23-18-8-6-17(7-9-18)22(20-16-25-27-26-20)24-11-10-21(30)29-14-12-28(13-15-29)19-4-2-1-3-5-19/h1-9,16,22,24H,10-15H2,(H,25,26,27). The molecule has 2 aromatic carbocycles. The molecule has 3 aromatic rings. The van der Waals surface area contributed by atoms with Gasteiger partial charge in [-0.25, -0.2) is 4.39 Å². The topological polar surface area (TPSA) is 77.1 Å². The van der Waals surface area contributed by atoms with Gasteiger partial charge in [-0.05, 0) is 29.8 Å². The number of aromatic amines is 1. The molecule has 1 saturated heterocycles. The number of carbonyl (C=O) groups excluding carboxylic acids is 1. The lowest BCUT2D eigenvalue weighted by Gasteiger charge is -2.36. The summed E-state index contributed by atoms with van der Waals surface area (Å²) < 4.78 is 13.3. The van der Waals surface area contributed by atoms with Crippen molar-refractivity contribution in [2.45, 2.75) is 12.5 Å². The Morgan fingerprint density at radius 1 is 1.07 bits per heavy atom. The van der Waals surface area contributed by atoms with E-state index in [9.17, 15) is 9.18 Å². The van der Waals surface area contributed by atoms with Gasteiger partial charge in [0.2, 0.25) is 5.91 Å². The molecule has 1 unspecified atom stereocenters. The second-order valence-electron chi connectivity index (χ2n) is 7.29. The molecule has 1 fully saturated rings. The van der Waals surface area contributed by atoms with Crippen LogP contribution in [-0.2, 0) is 4.79 Å². The summed E-state index contributed by atoms with van der Waals surface area (Å²) in [6.07, 6.45) is 2.02. The van der Waals surface area contributed by atoms with E-state index in [0.29, 0.717) is 18.7 Å². The van der Waals surface area contributed by atoms with Gasteiger partial charge in [-0.1, -0.05) is 30.3 Å². The number of hydrogen-bond acceptors (Lipinski definition) is 5. The Kier molecular flexibility index (Phi) is 6.34. The largest absolute Gasteiger partial charge is 0.368 e. The molecule has 1 atom stereocenters. The average Bonchev–Trinajstić information content (AvgIpc) is 3.33. The fraction of sp³-hybridized carbons (Fsp3) is 0.318. The first-order chi connectivity index (χ1) is 14.7. The Bertz CT molecular complexity index is 924. The smallest absolute Gasteiger partial charge is 0.223 e. The van der Waals surface area contributed by atoms with Crippen LogP contribution in [0, 0.1) is 5.82 Å². The molecule has 0 radical (unpaired) electrons. The maximum absolute atomic E-state index is 13.3. The van der Waals surface area contributed by atoms with Crippen LogP contribution in [0.5, 0.6) is 0 Å². The van der Waals surface area contributed by atoms with Gasteiger partial charge >= 0.3 is 0 Å². The van der Waals surface area contributed by atoms with Crippen LogP contribution < -0.4 is 10.2 Å². The average molecular weight is 408 g/mol. The molecule has 1 aliphatic rings. The Morgan fingerprint density at radius 3 is 2.47 bits per heavy atom. The van der Waals surface area contributed by atoms with E-state index in [2.05, 4.69) is 37.8 Å². The molecule has 8 heteroatoms. The second kappa shape index (κ2) is 9.49. The predicted octanol–water partition coefficient (Wildman–Crippen LogP) is 2.36. The van der Waals surface area contributed by atoms with Gasteiger partial charge in [0.25, 0.3) is 0 Å². The highest BCUT2D eigenvalue weighted by molar-refractivity contribution is 5.76. The maximum atomic E-state index is 13.3. The molecule has 4 rings (SSSR count). The Labute approximate surface area is 174 Å². The van der Waals surface area contributed by atoms with Crippen LogP contribution in [0.4, 0.5) is 10.1 Å². The highest BCUT2D eigenvalue weighted by Crippen LogP contribution is 2.20. The van der Waals surface area contributed by atoms with Gasteiger partial charge < -0.3 is 15.1 Å². The van der Waals surface area contributed by atoms with Crippen LogP contribution >= 0.6 is 0 Å². The molecule has 1 aromatic heterocycles. The first-order valence-electron chi connectivity index (χ1n) is 10.1. The van der Waals surface area contributed by atoms with Crippen molar-refractivity contribution in [3.05, 3.63) is 77.9 Å². The zero-order chi connectivity index (χ0) is 20.8. The number of carbonyl (C=O) groups is 1. The van der Waals surface area contributed by atoms with E-state index >= 15 is 0 Å². The summed E-state index contributed by atoms with van der Waals surface area (Å²) in [5, 5.41) is 14.0. The Balaban J connectivity index is 1.29. The number of halogens is 1. The number of hydrogen-bond donors (Lipinski definition) is 2. The van der Waals surface area contributed by atoms with E-state index in [4.69, 9.17) is 0 Å². The molecule has 1 aliphatic heterocycles. The van der Waals surface area contributed by atoms with Gasteiger partial charge in [-0.2, -0.15) is 15.4 Å². The summed E-state index contributed by atoms with van der Waals surface area (Å²) in [4.78, 5) is 16.9. The lowest BCUT2D eigenvalue weighted by atomic mass is 10.0. The number of piperazine rings is 1. The van der Waals surface area contributed by atoms with Crippen molar-refractivity contribution in [3.63, 3.8) is 0 Å². The number of benzene rings is 2. The Morgan fingerprint density at radius 2 is 1.80 bits per heavy atom. The van der Waals surface area contributed by atoms with Gasteiger partial charge in [-0.3, -0.25) is 4.79 Å².